The number of halogens is 3. The van der Waals surface area contributed by atoms with Gasteiger partial charge in [0, 0.05) is 16.1 Å². The first-order chi connectivity index (χ1) is 9.99. The Balaban J connectivity index is 2.13. The van der Waals surface area contributed by atoms with Gasteiger partial charge in [-0.3, -0.25) is 11.3 Å². The topological polar surface area (TPSA) is 38.0 Å². The molecule has 2 rings (SSSR count). The van der Waals surface area contributed by atoms with Gasteiger partial charge < -0.3 is 0 Å². The number of nitrogens with two attached hydrogens (primary N) is 1. The molecule has 0 radical (unpaired) electrons. The molecule has 0 fully saturated rings. The summed E-state index contributed by atoms with van der Waals surface area (Å²) in [5.74, 6) is 5.41. The van der Waals surface area contributed by atoms with Crippen molar-refractivity contribution in [3.05, 3.63) is 69.0 Å². The van der Waals surface area contributed by atoms with E-state index in [-0.39, 0.29) is 11.9 Å². The fraction of sp³-hybridized carbons (Fsp3) is 0.250. The minimum Gasteiger partial charge on any atom is -0.271 e. The third kappa shape index (κ3) is 4.42. The molecule has 0 aliphatic carbocycles. The van der Waals surface area contributed by atoms with Gasteiger partial charge in [0.25, 0.3) is 0 Å². The summed E-state index contributed by atoms with van der Waals surface area (Å²) < 4.78 is 13.1. The van der Waals surface area contributed by atoms with Gasteiger partial charge in [-0.25, -0.2) is 4.39 Å². The van der Waals surface area contributed by atoms with Gasteiger partial charge in [0.1, 0.15) is 5.82 Å². The average Bonchev–Trinajstić information content (AvgIpc) is 2.43. The second-order valence-electron chi connectivity index (χ2n) is 5.08. The number of nitrogens with one attached hydrogen (secondary N) is 1. The van der Waals surface area contributed by atoms with Gasteiger partial charge in [0.2, 0.25) is 0 Å². The van der Waals surface area contributed by atoms with E-state index in [1.807, 2.05) is 13.0 Å². The van der Waals surface area contributed by atoms with E-state index in [1.165, 1.54) is 12.1 Å². The summed E-state index contributed by atoms with van der Waals surface area (Å²) in [6, 6.07) is 10.2. The molecule has 0 saturated carbocycles. The van der Waals surface area contributed by atoms with Crippen LogP contribution in [0.4, 0.5) is 4.39 Å². The molecule has 112 valence electrons. The standard InChI is InChI=1S/C16H17Cl2FN2/c1-10-6-14(19)5-3-11(10)7-15(21-20)8-12-2-4-13(17)9-16(12)18/h2-6,9,15,21H,7-8,20H2,1H3. The Morgan fingerprint density at radius 3 is 2.38 bits per heavy atom. The van der Waals surface area contributed by atoms with Crippen molar-refractivity contribution in [1.29, 1.82) is 0 Å². The average molecular weight is 327 g/mol. The highest BCUT2D eigenvalue weighted by atomic mass is 35.5. The van der Waals surface area contributed by atoms with Crippen LogP contribution in [0.5, 0.6) is 0 Å². The Labute approximate surface area is 134 Å². The van der Waals surface area contributed by atoms with Crippen molar-refractivity contribution in [3.63, 3.8) is 0 Å². The predicted molar refractivity (Wildman–Crippen MR) is 86.1 cm³/mol. The lowest BCUT2D eigenvalue weighted by molar-refractivity contribution is 0.521. The molecular weight excluding hydrogens is 310 g/mol. The van der Waals surface area contributed by atoms with Crippen molar-refractivity contribution < 1.29 is 4.39 Å². The number of rotatable bonds is 5. The van der Waals surface area contributed by atoms with Crippen LogP contribution in [0, 0.1) is 12.7 Å². The second-order valence-corrected chi connectivity index (χ2v) is 5.92. The molecular formula is C16H17Cl2FN2. The summed E-state index contributed by atoms with van der Waals surface area (Å²) in [6.45, 7) is 1.89. The Bertz CT molecular complexity index is 578. The van der Waals surface area contributed by atoms with Crippen LogP contribution in [0.2, 0.25) is 10.0 Å². The summed E-state index contributed by atoms with van der Waals surface area (Å²) >= 11 is 12.1. The lowest BCUT2D eigenvalue weighted by Crippen LogP contribution is -2.38. The Morgan fingerprint density at radius 1 is 1.10 bits per heavy atom. The van der Waals surface area contributed by atoms with Crippen LogP contribution >= 0.6 is 23.2 Å². The lowest BCUT2D eigenvalue weighted by atomic mass is 9.96. The Morgan fingerprint density at radius 2 is 1.76 bits per heavy atom. The van der Waals surface area contributed by atoms with Gasteiger partial charge in [-0.2, -0.15) is 0 Å². The molecule has 2 nitrogen and oxygen atoms in total. The van der Waals surface area contributed by atoms with Crippen molar-refractivity contribution in [1.82, 2.24) is 5.43 Å². The molecule has 5 heteroatoms. The zero-order valence-corrected chi connectivity index (χ0v) is 13.2. The molecule has 2 aromatic rings. The molecule has 0 saturated heterocycles. The first kappa shape index (κ1) is 16.2. The van der Waals surface area contributed by atoms with E-state index in [1.54, 1.807) is 18.2 Å². The highest BCUT2D eigenvalue weighted by Gasteiger charge is 2.13. The molecule has 0 spiro atoms. The van der Waals surface area contributed by atoms with Crippen molar-refractivity contribution in [3.8, 4) is 0 Å². The Hall–Kier alpha value is -1.13. The number of hydrogen-bond acceptors (Lipinski definition) is 2. The van der Waals surface area contributed by atoms with Crippen LogP contribution in [-0.4, -0.2) is 6.04 Å². The molecule has 0 aliphatic heterocycles. The predicted octanol–water partition coefficient (Wildman–Crippen LogP) is 4.06. The number of aryl methyl sites for hydroxylation is 1. The van der Waals surface area contributed by atoms with E-state index < -0.39 is 0 Å². The van der Waals surface area contributed by atoms with E-state index in [0.29, 0.717) is 22.9 Å². The molecule has 2 aromatic carbocycles. The first-order valence-electron chi connectivity index (χ1n) is 6.64. The van der Waals surface area contributed by atoms with Gasteiger partial charge in [-0.05, 0) is 60.7 Å². The lowest BCUT2D eigenvalue weighted by Gasteiger charge is -2.18. The monoisotopic (exact) mass is 326 g/mol. The molecule has 0 bridgehead atoms. The van der Waals surface area contributed by atoms with Crippen LogP contribution in [0.3, 0.4) is 0 Å². The van der Waals surface area contributed by atoms with Crippen molar-refractivity contribution in [2.24, 2.45) is 5.84 Å². The molecule has 1 unspecified atom stereocenters. The SMILES string of the molecule is Cc1cc(F)ccc1CC(Cc1ccc(Cl)cc1Cl)NN. The van der Waals surface area contributed by atoms with Gasteiger partial charge in [-0.1, -0.05) is 35.3 Å². The first-order valence-corrected chi connectivity index (χ1v) is 7.40. The van der Waals surface area contributed by atoms with Crippen LogP contribution in [0.15, 0.2) is 36.4 Å². The highest BCUT2D eigenvalue weighted by molar-refractivity contribution is 6.35. The quantitative estimate of drug-likeness (QED) is 0.642. The molecule has 0 aromatic heterocycles. The van der Waals surface area contributed by atoms with E-state index in [2.05, 4.69) is 5.43 Å². The van der Waals surface area contributed by atoms with Crippen LogP contribution < -0.4 is 11.3 Å². The maximum absolute atomic E-state index is 13.1. The normalized spacial score (nSPS) is 12.4. The second kappa shape index (κ2) is 7.23. The molecule has 0 aliphatic rings. The van der Waals surface area contributed by atoms with Crippen LogP contribution in [0.1, 0.15) is 16.7 Å². The molecule has 0 amide bonds. The van der Waals surface area contributed by atoms with Crippen LogP contribution in [-0.2, 0) is 12.8 Å². The zero-order chi connectivity index (χ0) is 15.4. The summed E-state index contributed by atoms with van der Waals surface area (Å²) in [5.41, 5.74) is 5.75. The third-order valence-corrected chi connectivity index (χ3v) is 4.08. The van der Waals surface area contributed by atoms with Crippen molar-refractivity contribution in [2.45, 2.75) is 25.8 Å². The van der Waals surface area contributed by atoms with Crippen LogP contribution in [0.25, 0.3) is 0 Å². The third-order valence-electron chi connectivity index (χ3n) is 3.49. The van der Waals surface area contributed by atoms with Crippen molar-refractivity contribution in [2.75, 3.05) is 0 Å². The highest BCUT2D eigenvalue weighted by Crippen LogP contribution is 2.23. The van der Waals surface area contributed by atoms with E-state index in [9.17, 15) is 4.39 Å². The Kier molecular flexibility index (Phi) is 5.59. The molecule has 0 heterocycles. The molecule has 1 atom stereocenters. The molecule has 21 heavy (non-hydrogen) atoms. The summed E-state index contributed by atoms with van der Waals surface area (Å²) in [4.78, 5) is 0. The number of benzene rings is 2. The maximum Gasteiger partial charge on any atom is 0.123 e. The van der Waals surface area contributed by atoms with Crippen molar-refractivity contribution >= 4 is 23.2 Å². The van der Waals surface area contributed by atoms with E-state index in [0.717, 1.165) is 16.7 Å². The van der Waals surface area contributed by atoms with Gasteiger partial charge in [-0.15, -0.1) is 0 Å². The van der Waals surface area contributed by atoms with E-state index in [4.69, 9.17) is 29.0 Å². The maximum atomic E-state index is 13.1. The number of hydrazine groups is 1. The van der Waals surface area contributed by atoms with Gasteiger partial charge in [0.15, 0.2) is 0 Å². The minimum absolute atomic E-state index is 0.00726. The van der Waals surface area contributed by atoms with Gasteiger partial charge >= 0.3 is 0 Å². The smallest absolute Gasteiger partial charge is 0.123 e. The zero-order valence-electron chi connectivity index (χ0n) is 11.7. The minimum atomic E-state index is -0.228. The number of hydrogen-bond donors (Lipinski definition) is 2. The summed E-state index contributed by atoms with van der Waals surface area (Å²) in [6.07, 6.45) is 1.37. The largest absolute Gasteiger partial charge is 0.271 e. The fourth-order valence-electron chi connectivity index (χ4n) is 2.30. The molecule has 3 N–H and O–H groups in total. The summed E-state index contributed by atoms with van der Waals surface area (Å²) in [5, 5.41) is 1.23. The van der Waals surface area contributed by atoms with Gasteiger partial charge in [0.05, 0.1) is 0 Å². The fourth-order valence-corrected chi connectivity index (χ4v) is 2.78. The van der Waals surface area contributed by atoms with E-state index >= 15 is 0 Å². The summed E-state index contributed by atoms with van der Waals surface area (Å²) in [7, 11) is 0.